The van der Waals surface area contributed by atoms with Gasteiger partial charge in [0.2, 0.25) is 0 Å². The summed E-state index contributed by atoms with van der Waals surface area (Å²) in [5, 5.41) is 4.44. The lowest BCUT2D eigenvalue weighted by Gasteiger charge is -2.10. The van der Waals surface area contributed by atoms with E-state index >= 15 is 0 Å². The molecule has 1 aromatic carbocycles. The normalized spacial score (nSPS) is 10.9. The van der Waals surface area contributed by atoms with Crippen LogP contribution in [-0.4, -0.2) is 16.5 Å². The van der Waals surface area contributed by atoms with Crippen LogP contribution in [0, 0.1) is 13.8 Å². The van der Waals surface area contributed by atoms with E-state index < -0.39 is 0 Å². The van der Waals surface area contributed by atoms with Gasteiger partial charge < -0.3 is 5.32 Å². The lowest BCUT2D eigenvalue weighted by atomic mass is 10.1. The average Bonchev–Trinajstić information content (AvgIpc) is 2.87. The topological polar surface area (TPSA) is 37.8 Å². The Morgan fingerprint density at radius 3 is 2.65 bits per heavy atom. The minimum Gasteiger partial charge on any atom is -0.370 e. The van der Waals surface area contributed by atoms with Crippen LogP contribution in [0.3, 0.4) is 0 Å². The van der Waals surface area contributed by atoms with Gasteiger partial charge in [-0.05, 0) is 44.5 Å². The first-order chi connectivity index (χ1) is 9.69. The molecule has 0 bridgehead atoms. The van der Waals surface area contributed by atoms with Crippen molar-refractivity contribution in [2.45, 2.75) is 20.8 Å². The van der Waals surface area contributed by atoms with Crippen molar-refractivity contribution in [3.63, 3.8) is 0 Å². The Kier molecular flexibility index (Phi) is 3.40. The number of rotatable bonds is 3. The number of aryl methyl sites for hydroxylation is 2. The lowest BCUT2D eigenvalue weighted by Crippen LogP contribution is -2.03. The van der Waals surface area contributed by atoms with Gasteiger partial charge in [-0.15, -0.1) is 11.3 Å². The molecule has 102 valence electrons. The highest BCUT2D eigenvalue weighted by Gasteiger charge is 2.11. The van der Waals surface area contributed by atoms with Crippen molar-refractivity contribution in [2.75, 3.05) is 11.9 Å². The van der Waals surface area contributed by atoms with E-state index in [0.29, 0.717) is 0 Å². The second-order valence-electron chi connectivity index (χ2n) is 4.81. The summed E-state index contributed by atoms with van der Waals surface area (Å²) in [6.45, 7) is 7.13. The zero-order valence-electron chi connectivity index (χ0n) is 11.9. The number of thiophene rings is 1. The van der Waals surface area contributed by atoms with Crippen LogP contribution in [0.15, 0.2) is 30.3 Å². The summed E-state index contributed by atoms with van der Waals surface area (Å²) in [5.41, 5.74) is 2.21. The number of para-hydroxylation sites is 1. The van der Waals surface area contributed by atoms with E-state index in [1.54, 1.807) is 11.3 Å². The summed E-state index contributed by atoms with van der Waals surface area (Å²) in [6, 6.07) is 10.4. The molecule has 3 nitrogen and oxygen atoms in total. The van der Waals surface area contributed by atoms with E-state index in [4.69, 9.17) is 9.97 Å². The largest absolute Gasteiger partial charge is 0.370 e. The van der Waals surface area contributed by atoms with Gasteiger partial charge in [0, 0.05) is 16.8 Å². The Labute approximate surface area is 122 Å². The first kappa shape index (κ1) is 13.1. The van der Waals surface area contributed by atoms with Crippen molar-refractivity contribution < 1.29 is 0 Å². The number of hydrogen-bond donors (Lipinski definition) is 1. The second-order valence-corrected chi connectivity index (χ2v) is 6.10. The van der Waals surface area contributed by atoms with E-state index in [9.17, 15) is 0 Å². The molecule has 0 aliphatic rings. The predicted molar refractivity (Wildman–Crippen MR) is 86.5 cm³/mol. The lowest BCUT2D eigenvalue weighted by molar-refractivity contribution is 1.15. The zero-order valence-corrected chi connectivity index (χ0v) is 12.7. The van der Waals surface area contributed by atoms with Crippen LogP contribution >= 0.6 is 11.3 Å². The van der Waals surface area contributed by atoms with Crippen LogP contribution in [0.25, 0.3) is 21.6 Å². The molecule has 1 N–H and O–H groups in total. The molecule has 2 aromatic heterocycles. The predicted octanol–water partition coefficient (Wildman–Crippen LogP) is 4.41. The van der Waals surface area contributed by atoms with Gasteiger partial charge in [-0.2, -0.15) is 0 Å². The van der Waals surface area contributed by atoms with Crippen LogP contribution in [-0.2, 0) is 0 Å². The second kappa shape index (κ2) is 5.21. The van der Waals surface area contributed by atoms with E-state index in [-0.39, 0.29) is 0 Å². The van der Waals surface area contributed by atoms with E-state index in [1.807, 2.05) is 0 Å². The van der Waals surface area contributed by atoms with Crippen molar-refractivity contribution in [1.82, 2.24) is 9.97 Å². The number of aromatic nitrogens is 2. The number of fused-ring (bicyclic) bond motifs is 1. The van der Waals surface area contributed by atoms with Gasteiger partial charge in [-0.3, -0.25) is 0 Å². The number of nitrogens with one attached hydrogen (secondary N) is 1. The molecule has 20 heavy (non-hydrogen) atoms. The minimum atomic E-state index is 0.806. The maximum absolute atomic E-state index is 4.76. The van der Waals surface area contributed by atoms with Crippen molar-refractivity contribution in [3.8, 4) is 10.7 Å². The van der Waals surface area contributed by atoms with E-state index in [0.717, 1.165) is 34.0 Å². The molecule has 0 atom stereocenters. The van der Waals surface area contributed by atoms with Gasteiger partial charge in [0.15, 0.2) is 5.82 Å². The summed E-state index contributed by atoms with van der Waals surface area (Å²) in [7, 11) is 0. The molecule has 0 unspecified atom stereocenters. The summed E-state index contributed by atoms with van der Waals surface area (Å²) in [6.07, 6.45) is 0. The van der Waals surface area contributed by atoms with Crippen LogP contribution < -0.4 is 5.32 Å². The van der Waals surface area contributed by atoms with E-state index in [2.05, 4.69) is 56.4 Å². The Morgan fingerprint density at radius 2 is 1.95 bits per heavy atom. The molecule has 0 amide bonds. The van der Waals surface area contributed by atoms with Gasteiger partial charge >= 0.3 is 0 Å². The third-order valence-electron chi connectivity index (χ3n) is 3.23. The Bertz CT molecular complexity index is 762. The molecule has 0 aliphatic carbocycles. The number of anilines is 1. The highest BCUT2D eigenvalue weighted by Crippen LogP contribution is 2.30. The molecule has 0 spiro atoms. The molecule has 2 heterocycles. The average molecular weight is 283 g/mol. The monoisotopic (exact) mass is 283 g/mol. The molecule has 0 saturated carbocycles. The van der Waals surface area contributed by atoms with Crippen molar-refractivity contribution in [3.05, 3.63) is 40.8 Å². The Morgan fingerprint density at radius 1 is 1.10 bits per heavy atom. The molecule has 3 aromatic rings. The molecule has 0 aliphatic heterocycles. The molecule has 4 heteroatoms. The smallest absolute Gasteiger partial charge is 0.172 e. The van der Waals surface area contributed by atoms with Crippen molar-refractivity contribution in [2.24, 2.45) is 0 Å². The van der Waals surface area contributed by atoms with Gasteiger partial charge in [-0.25, -0.2) is 9.97 Å². The quantitative estimate of drug-likeness (QED) is 0.774. The fraction of sp³-hybridized carbons (Fsp3) is 0.250. The van der Waals surface area contributed by atoms with Crippen LogP contribution in [0.5, 0.6) is 0 Å². The molecule has 0 saturated heterocycles. The maximum atomic E-state index is 4.76. The van der Waals surface area contributed by atoms with Crippen molar-refractivity contribution >= 4 is 28.1 Å². The fourth-order valence-electron chi connectivity index (χ4n) is 2.26. The highest BCUT2D eigenvalue weighted by atomic mass is 32.1. The minimum absolute atomic E-state index is 0.806. The summed E-state index contributed by atoms with van der Waals surface area (Å²) in [5.74, 6) is 1.73. The fourth-order valence-corrected chi connectivity index (χ4v) is 3.06. The summed E-state index contributed by atoms with van der Waals surface area (Å²) < 4.78 is 0. The highest BCUT2D eigenvalue weighted by molar-refractivity contribution is 7.15. The van der Waals surface area contributed by atoms with Crippen molar-refractivity contribution in [1.29, 1.82) is 0 Å². The van der Waals surface area contributed by atoms with Gasteiger partial charge in [-0.1, -0.05) is 12.1 Å². The van der Waals surface area contributed by atoms with Crippen LogP contribution in [0.4, 0.5) is 5.82 Å². The molecular formula is C16H17N3S. The van der Waals surface area contributed by atoms with Gasteiger partial charge in [0.05, 0.1) is 10.4 Å². The standard InChI is InChI=1S/C16H17N3S/c1-4-17-15-12-7-5-6-10(2)14(12)18-16(19-15)13-9-8-11(3)20-13/h5-9H,4H2,1-3H3,(H,17,18,19). The summed E-state index contributed by atoms with van der Waals surface area (Å²) in [4.78, 5) is 11.9. The third kappa shape index (κ3) is 2.27. The van der Waals surface area contributed by atoms with Crippen LogP contribution in [0.2, 0.25) is 0 Å². The Balaban J connectivity index is 2.26. The van der Waals surface area contributed by atoms with Crippen LogP contribution in [0.1, 0.15) is 17.4 Å². The number of hydrogen-bond acceptors (Lipinski definition) is 4. The third-order valence-corrected chi connectivity index (χ3v) is 4.23. The zero-order chi connectivity index (χ0) is 14.1. The Hall–Kier alpha value is -1.94. The SMILES string of the molecule is CCNc1nc(-c2ccc(C)s2)nc2c(C)cccc12. The maximum Gasteiger partial charge on any atom is 0.172 e. The van der Waals surface area contributed by atoms with Gasteiger partial charge in [0.25, 0.3) is 0 Å². The number of nitrogens with zero attached hydrogens (tertiary/aromatic N) is 2. The molecular weight excluding hydrogens is 266 g/mol. The molecule has 3 rings (SSSR count). The number of benzene rings is 1. The van der Waals surface area contributed by atoms with E-state index in [1.165, 1.54) is 10.4 Å². The molecule has 0 radical (unpaired) electrons. The molecule has 0 fully saturated rings. The first-order valence-electron chi connectivity index (χ1n) is 6.77. The first-order valence-corrected chi connectivity index (χ1v) is 7.58. The van der Waals surface area contributed by atoms with Gasteiger partial charge in [0.1, 0.15) is 5.82 Å². The summed E-state index contributed by atoms with van der Waals surface area (Å²) >= 11 is 1.73.